The van der Waals surface area contributed by atoms with Gasteiger partial charge in [0.15, 0.2) is 0 Å². The van der Waals surface area contributed by atoms with Crippen LogP contribution in [0, 0.1) is 11.3 Å². The summed E-state index contributed by atoms with van der Waals surface area (Å²) in [4.78, 5) is 12.2. The maximum Gasteiger partial charge on any atom is 0.417 e. The van der Waals surface area contributed by atoms with Gasteiger partial charge < -0.3 is 15.4 Å². The molecule has 0 saturated carbocycles. The summed E-state index contributed by atoms with van der Waals surface area (Å²) in [5.74, 6) is -0.358. The van der Waals surface area contributed by atoms with Crippen molar-refractivity contribution in [3.05, 3.63) is 64.8 Å². The van der Waals surface area contributed by atoms with Gasteiger partial charge in [-0.05, 0) is 30.3 Å². The normalized spacial score (nSPS) is 11.5. The molecule has 0 aromatic heterocycles. The van der Waals surface area contributed by atoms with Crippen molar-refractivity contribution in [1.82, 2.24) is 0 Å². The predicted octanol–water partition coefficient (Wildman–Crippen LogP) is 4.83. The van der Waals surface area contributed by atoms with E-state index in [2.05, 4.69) is 10.6 Å². The van der Waals surface area contributed by atoms with Gasteiger partial charge in [-0.15, -0.1) is 0 Å². The molecule has 0 saturated heterocycles. The van der Waals surface area contributed by atoms with Crippen molar-refractivity contribution in [2.45, 2.75) is 6.18 Å². The van der Waals surface area contributed by atoms with E-state index in [9.17, 15) is 18.0 Å². The van der Waals surface area contributed by atoms with Crippen LogP contribution in [-0.4, -0.2) is 13.0 Å². The second-order valence-electron chi connectivity index (χ2n) is 5.16. The maximum atomic E-state index is 12.9. The molecular formula is C18H13ClF3N3O2. The van der Waals surface area contributed by atoms with Gasteiger partial charge in [0.2, 0.25) is 0 Å². The van der Waals surface area contributed by atoms with Crippen LogP contribution >= 0.6 is 11.6 Å². The van der Waals surface area contributed by atoms with E-state index in [-0.39, 0.29) is 11.3 Å². The number of para-hydroxylation sites is 2. The van der Waals surface area contributed by atoms with Gasteiger partial charge in [0, 0.05) is 11.9 Å². The molecule has 0 aliphatic carbocycles. The summed E-state index contributed by atoms with van der Waals surface area (Å²) in [6, 6.07) is 11.4. The Labute approximate surface area is 158 Å². The summed E-state index contributed by atoms with van der Waals surface area (Å²) in [6.07, 6.45) is -3.62. The van der Waals surface area contributed by atoms with Crippen molar-refractivity contribution in [3.63, 3.8) is 0 Å². The molecule has 0 fully saturated rings. The molecule has 140 valence electrons. The summed E-state index contributed by atoms with van der Waals surface area (Å²) in [5.41, 5.74) is -1.01. The van der Waals surface area contributed by atoms with Gasteiger partial charge in [0.25, 0.3) is 5.91 Å². The second kappa shape index (κ2) is 8.47. The van der Waals surface area contributed by atoms with Crippen LogP contribution in [0.3, 0.4) is 0 Å². The quantitative estimate of drug-likeness (QED) is 0.562. The standard InChI is InChI=1S/C18H13ClF3N3O2/c1-27-16-5-3-2-4-15(16)25-17(26)11(9-23)10-24-12-6-7-14(19)13(8-12)18(20,21)22/h2-8,10,24H,1H3,(H,25,26)/b11-10-. The third-order valence-electron chi connectivity index (χ3n) is 3.38. The number of ether oxygens (including phenoxy) is 1. The van der Waals surface area contributed by atoms with Gasteiger partial charge in [0.05, 0.1) is 23.4 Å². The Bertz CT molecular complexity index is 921. The molecule has 0 unspecified atom stereocenters. The average molecular weight is 396 g/mol. The molecule has 0 radical (unpaired) electrons. The van der Waals surface area contributed by atoms with Gasteiger partial charge in [0.1, 0.15) is 17.4 Å². The summed E-state index contributed by atoms with van der Waals surface area (Å²) >= 11 is 5.55. The van der Waals surface area contributed by atoms with E-state index in [1.807, 2.05) is 0 Å². The zero-order valence-corrected chi connectivity index (χ0v) is 14.7. The zero-order chi connectivity index (χ0) is 20.0. The highest BCUT2D eigenvalue weighted by Gasteiger charge is 2.33. The fourth-order valence-electron chi connectivity index (χ4n) is 2.07. The number of halogens is 4. The molecule has 0 spiro atoms. The van der Waals surface area contributed by atoms with E-state index in [0.29, 0.717) is 11.4 Å². The number of benzene rings is 2. The lowest BCUT2D eigenvalue weighted by Crippen LogP contribution is -2.15. The number of nitriles is 1. The largest absolute Gasteiger partial charge is 0.495 e. The molecule has 0 heterocycles. The number of rotatable bonds is 5. The van der Waals surface area contributed by atoms with Crippen molar-refractivity contribution >= 4 is 28.9 Å². The van der Waals surface area contributed by atoms with E-state index >= 15 is 0 Å². The molecule has 0 aliphatic rings. The summed E-state index contributed by atoms with van der Waals surface area (Å²) in [7, 11) is 1.42. The lowest BCUT2D eigenvalue weighted by atomic mass is 10.2. The average Bonchev–Trinajstić information content (AvgIpc) is 2.63. The van der Waals surface area contributed by atoms with Gasteiger partial charge >= 0.3 is 6.18 Å². The maximum absolute atomic E-state index is 12.9. The minimum absolute atomic E-state index is 0.0181. The van der Waals surface area contributed by atoms with Crippen molar-refractivity contribution in [1.29, 1.82) is 5.26 Å². The molecule has 9 heteroatoms. The Kier molecular flexibility index (Phi) is 6.32. The SMILES string of the molecule is COc1ccccc1NC(=O)/C(C#N)=C\Nc1ccc(Cl)c(C(F)(F)F)c1. The monoisotopic (exact) mass is 395 g/mol. The number of amides is 1. The van der Waals surface area contributed by atoms with Crippen molar-refractivity contribution < 1.29 is 22.7 Å². The van der Waals surface area contributed by atoms with Gasteiger partial charge in [-0.1, -0.05) is 23.7 Å². The number of anilines is 2. The summed E-state index contributed by atoms with van der Waals surface area (Å²) < 4.78 is 43.7. The van der Waals surface area contributed by atoms with Crippen LogP contribution in [0.1, 0.15) is 5.56 Å². The number of nitrogens with zero attached hydrogens (tertiary/aromatic N) is 1. The molecule has 2 aromatic rings. The minimum atomic E-state index is -4.63. The van der Waals surface area contributed by atoms with Crippen LogP contribution < -0.4 is 15.4 Å². The molecule has 2 aromatic carbocycles. The van der Waals surface area contributed by atoms with E-state index in [0.717, 1.165) is 18.3 Å². The van der Waals surface area contributed by atoms with Crippen molar-refractivity contribution in [3.8, 4) is 11.8 Å². The highest BCUT2D eigenvalue weighted by Crippen LogP contribution is 2.36. The highest BCUT2D eigenvalue weighted by atomic mass is 35.5. The number of carbonyl (C=O) groups excluding carboxylic acids is 1. The van der Waals surface area contributed by atoms with Crippen LogP contribution in [-0.2, 0) is 11.0 Å². The number of hydrogen-bond acceptors (Lipinski definition) is 4. The highest BCUT2D eigenvalue weighted by molar-refractivity contribution is 6.31. The Morgan fingerprint density at radius 1 is 1.26 bits per heavy atom. The zero-order valence-electron chi connectivity index (χ0n) is 13.9. The molecule has 0 aliphatic heterocycles. The van der Waals surface area contributed by atoms with E-state index < -0.39 is 22.7 Å². The fraction of sp³-hybridized carbons (Fsp3) is 0.111. The third-order valence-corrected chi connectivity index (χ3v) is 3.70. The molecule has 0 atom stereocenters. The van der Waals surface area contributed by atoms with Gasteiger partial charge in [-0.3, -0.25) is 4.79 Å². The molecule has 0 bridgehead atoms. The molecular weight excluding hydrogens is 383 g/mol. The topological polar surface area (TPSA) is 74.1 Å². The van der Waals surface area contributed by atoms with E-state index in [4.69, 9.17) is 21.6 Å². The first-order valence-electron chi connectivity index (χ1n) is 7.44. The Morgan fingerprint density at radius 2 is 1.96 bits per heavy atom. The Morgan fingerprint density at radius 3 is 2.59 bits per heavy atom. The van der Waals surface area contributed by atoms with Gasteiger partial charge in [-0.25, -0.2) is 0 Å². The Balaban J connectivity index is 2.19. The van der Waals surface area contributed by atoms with Gasteiger partial charge in [-0.2, -0.15) is 18.4 Å². The molecule has 27 heavy (non-hydrogen) atoms. The van der Waals surface area contributed by atoms with Crippen LogP contribution in [0.4, 0.5) is 24.5 Å². The number of nitrogens with one attached hydrogen (secondary N) is 2. The lowest BCUT2D eigenvalue weighted by Gasteiger charge is -2.11. The molecule has 2 N–H and O–H groups in total. The van der Waals surface area contributed by atoms with Crippen LogP contribution in [0.15, 0.2) is 54.2 Å². The summed E-state index contributed by atoms with van der Waals surface area (Å²) in [5, 5.41) is 13.7. The number of hydrogen-bond donors (Lipinski definition) is 2. The molecule has 1 amide bonds. The first-order chi connectivity index (χ1) is 12.8. The van der Waals surface area contributed by atoms with Crippen molar-refractivity contribution in [2.24, 2.45) is 0 Å². The minimum Gasteiger partial charge on any atom is -0.495 e. The smallest absolute Gasteiger partial charge is 0.417 e. The Hall–Kier alpha value is -3.18. The summed E-state index contributed by atoms with van der Waals surface area (Å²) in [6.45, 7) is 0. The predicted molar refractivity (Wildman–Crippen MR) is 95.4 cm³/mol. The van der Waals surface area contributed by atoms with E-state index in [1.165, 1.54) is 13.2 Å². The number of alkyl halides is 3. The number of carbonyl (C=O) groups is 1. The lowest BCUT2D eigenvalue weighted by molar-refractivity contribution is -0.137. The molecule has 2 rings (SSSR count). The van der Waals surface area contributed by atoms with Crippen LogP contribution in [0.2, 0.25) is 5.02 Å². The third kappa shape index (κ3) is 5.15. The van der Waals surface area contributed by atoms with Crippen LogP contribution in [0.25, 0.3) is 0 Å². The first kappa shape index (κ1) is 20.1. The van der Waals surface area contributed by atoms with Crippen LogP contribution in [0.5, 0.6) is 5.75 Å². The first-order valence-corrected chi connectivity index (χ1v) is 7.82. The number of methoxy groups -OCH3 is 1. The van der Waals surface area contributed by atoms with Crippen molar-refractivity contribution in [2.75, 3.05) is 17.7 Å². The van der Waals surface area contributed by atoms with E-state index in [1.54, 1.807) is 30.3 Å². The second-order valence-corrected chi connectivity index (χ2v) is 5.57. The fourth-order valence-corrected chi connectivity index (χ4v) is 2.30. The molecule has 5 nitrogen and oxygen atoms in total.